The third-order valence-corrected chi connectivity index (χ3v) is 5.06. The van der Waals surface area contributed by atoms with Crippen molar-refractivity contribution in [3.63, 3.8) is 0 Å². The fourth-order valence-corrected chi connectivity index (χ4v) is 3.51. The molecule has 1 aromatic carbocycles. The van der Waals surface area contributed by atoms with Gasteiger partial charge < -0.3 is 10.2 Å². The van der Waals surface area contributed by atoms with Gasteiger partial charge in [-0.15, -0.1) is 0 Å². The van der Waals surface area contributed by atoms with E-state index in [1.54, 1.807) is 6.20 Å². The third-order valence-electron chi connectivity index (χ3n) is 5.06. The first kappa shape index (κ1) is 16.5. The van der Waals surface area contributed by atoms with Gasteiger partial charge in [0.05, 0.1) is 5.52 Å². The van der Waals surface area contributed by atoms with Crippen LogP contribution in [-0.2, 0) is 0 Å². The summed E-state index contributed by atoms with van der Waals surface area (Å²) in [5.41, 5.74) is 2.83. The second-order valence-corrected chi connectivity index (χ2v) is 6.76. The maximum atomic E-state index is 12.5. The summed E-state index contributed by atoms with van der Waals surface area (Å²) in [5.74, 6) is 0.520. The van der Waals surface area contributed by atoms with Crippen molar-refractivity contribution in [3.05, 3.63) is 66.6 Å². The molecule has 0 aliphatic carbocycles. The zero-order chi connectivity index (χ0) is 17.8. The molecule has 5 nitrogen and oxygen atoms in total. The molecular formula is C21H22N4O. The van der Waals surface area contributed by atoms with Crippen molar-refractivity contribution in [1.29, 1.82) is 0 Å². The minimum Gasteiger partial charge on any atom is -0.371 e. The zero-order valence-electron chi connectivity index (χ0n) is 14.6. The number of hydrogen-bond acceptors (Lipinski definition) is 4. The van der Waals surface area contributed by atoms with Crippen LogP contribution in [0.3, 0.4) is 0 Å². The minimum absolute atomic E-state index is 0.00711. The Hall–Kier alpha value is -2.95. The number of benzene rings is 1. The molecular weight excluding hydrogens is 324 g/mol. The van der Waals surface area contributed by atoms with E-state index in [0.717, 1.165) is 43.4 Å². The summed E-state index contributed by atoms with van der Waals surface area (Å²) in [6.45, 7) is 2.77. The summed E-state index contributed by atoms with van der Waals surface area (Å²) in [6, 6.07) is 13.6. The topological polar surface area (TPSA) is 58.1 Å². The Morgan fingerprint density at radius 3 is 2.69 bits per heavy atom. The molecule has 26 heavy (non-hydrogen) atoms. The number of amides is 1. The van der Waals surface area contributed by atoms with Gasteiger partial charge >= 0.3 is 0 Å². The number of nitrogens with one attached hydrogen (secondary N) is 1. The molecule has 0 atom stereocenters. The van der Waals surface area contributed by atoms with Crippen LogP contribution in [0.5, 0.6) is 0 Å². The van der Waals surface area contributed by atoms with Gasteiger partial charge in [0.2, 0.25) is 0 Å². The average molecular weight is 346 g/mol. The summed E-state index contributed by atoms with van der Waals surface area (Å²) < 4.78 is 0. The lowest BCUT2D eigenvalue weighted by atomic mass is 9.96. The van der Waals surface area contributed by atoms with Gasteiger partial charge in [-0.2, -0.15) is 0 Å². The van der Waals surface area contributed by atoms with Gasteiger partial charge in [-0.05, 0) is 55.2 Å². The van der Waals surface area contributed by atoms with Gasteiger partial charge in [0.15, 0.2) is 0 Å². The molecule has 0 unspecified atom stereocenters. The van der Waals surface area contributed by atoms with E-state index in [2.05, 4.69) is 32.3 Å². The Morgan fingerprint density at radius 1 is 1.08 bits per heavy atom. The predicted molar refractivity (Wildman–Crippen MR) is 103 cm³/mol. The summed E-state index contributed by atoms with van der Waals surface area (Å²) >= 11 is 0. The highest BCUT2D eigenvalue weighted by Gasteiger charge is 2.20. The first-order valence-electron chi connectivity index (χ1n) is 9.07. The monoisotopic (exact) mass is 346 g/mol. The van der Waals surface area contributed by atoms with Crippen LogP contribution in [-0.4, -0.2) is 35.5 Å². The van der Waals surface area contributed by atoms with Gasteiger partial charge in [-0.1, -0.05) is 6.07 Å². The van der Waals surface area contributed by atoms with Crippen LogP contribution in [0.25, 0.3) is 10.9 Å². The number of fused-ring (bicyclic) bond motifs is 1. The molecule has 4 rings (SSSR count). The molecule has 2 aromatic heterocycles. The number of anilines is 1. The van der Waals surface area contributed by atoms with Crippen molar-refractivity contribution >= 4 is 22.5 Å². The minimum atomic E-state index is -0.00711. The number of carbonyl (C=O) groups is 1. The van der Waals surface area contributed by atoms with Crippen molar-refractivity contribution in [2.24, 2.45) is 5.92 Å². The standard InChI is InChI=1S/C21H22N4O/c26-21(18-3-4-20-17(14-18)2-1-9-23-20)24-15-16-7-12-25(13-8-16)19-5-10-22-11-6-19/h1-6,9-11,14,16H,7-8,12-13,15H2,(H,24,26). The summed E-state index contributed by atoms with van der Waals surface area (Å²) in [5, 5.41) is 4.09. The number of carbonyl (C=O) groups excluding carboxylic acids is 1. The number of hydrogen-bond donors (Lipinski definition) is 1. The van der Waals surface area contributed by atoms with Crippen LogP contribution in [0.15, 0.2) is 61.1 Å². The lowest BCUT2D eigenvalue weighted by Gasteiger charge is -2.33. The quantitative estimate of drug-likeness (QED) is 0.788. The van der Waals surface area contributed by atoms with E-state index in [1.807, 2.05) is 42.7 Å². The summed E-state index contributed by atoms with van der Waals surface area (Å²) in [7, 11) is 0. The fraction of sp³-hybridized carbons (Fsp3) is 0.286. The third kappa shape index (κ3) is 3.67. The predicted octanol–water partition coefficient (Wildman–Crippen LogP) is 3.28. The Kier molecular flexibility index (Phi) is 4.78. The van der Waals surface area contributed by atoms with E-state index >= 15 is 0 Å². The molecule has 0 saturated carbocycles. The van der Waals surface area contributed by atoms with Crippen molar-refractivity contribution in [2.75, 3.05) is 24.5 Å². The molecule has 3 aromatic rings. The molecule has 1 aliphatic heterocycles. The Bertz CT molecular complexity index is 889. The molecule has 1 aliphatic rings. The highest BCUT2D eigenvalue weighted by atomic mass is 16.1. The van der Waals surface area contributed by atoms with Gasteiger partial charge in [0.1, 0.15) is 0 Å². The van der Waals surface area contributed by atoms with Crippen molar-refractivity contribution < 1.29 is 4.79 Å². The molecule has 0 bridgehead atoms. The molecule has 3 heterocycles. The Labute approximate surface area is 153 Å². The van der Waals surface area contributed by atoms with Crippen LogP contribution in [0.4, 0.5) is 5.69 Å². The van der Waals surface area contributed by atoms with Gasteiger partial charge in [-0.3, -0.25) is 14.8 Å². The molecule has 132 valence electrons. The van der Waals surface area contributed by atoms with Crippen molar-refractivity contribution in [1.82, 2.24) is 15.3 Å². The maximum absolute atomic E-state index is 12.5. The summed E-state index contributed by atoms with van der Waals surface area (Å²) in [4.78, 5) is 23.2. The average Bonchev–Trinajstić information content (AvgIpc) is 2.72. The smallest absolute Gasteiger partial charge is 0.251 e. The number of nitrogens with zero attached hydrogens (tertiary/aromatic N) is 3. The molecule has 1 amide bonds. The van der Waals surface area contributed by atoms with E-state index in [0.29, 0.717) is 11.5 Å². The van der Waals surface area contributed by atoms with Crippen LogP contribution < -0.4 is 10.2 Å². The van der Waals surface area contributed by atoms with Gasteiger partial charge in [0.25, 0.3) is 5.91 Å². The maximum Gasteiger partial charge on any atom is 0.251 e. The SMILES string of the molecule is O=C(NCC1CCN(c2ccncc2)CC1)c1ccc2ncccc2c1. The largest absolute Gasteiger partial charge is 0.371 e. The zero-order valence-corrected chi connectivity index (χ0v) is 14.6. The number of pyridine rings is 2. The van der Waals surface area contributed by atoms with E-state index in [9.17, 15) is 4.79 Å². The Morgan fingerprint density at radius 2 is 1.88 bits per heavy atom. The van der Waals surface area contributed by atoms with Gasteiger partial charge in [0, 0.05) is 54.9 Å². The van der Waals surface area contributed by atoms with E-state index in [1.165, 1.54) is 5.69 Å². The highest BCUT2D eigenvalue weighted by molar-refractivity contribution is 5.97. The van der Waals surface area contributed by atoms with Gasteiger partial charge in [-0.25, -0.2) is 0 Å². The van der Waals surface area contributed by atoms with Crippen LogP contribution >= 0.6 is 0 Å². The molecule has 1 N–H and O–H groups in total. The lowest BCUT2D eigenvalue weighted by molar-refractivity contribution is 0.0945. The van der Waals surface area contributed by atoms with Crippen LogP contribution in [0.2, 0.25) is 0 Å². The number of piperidine rings is 1. The summed E-state index contributed by atoms with van der Waals surface area (Å²) in [6.07, 6.45) is 7.61. The second kappa shape index (κ2) is 7.52. The van der Waals surface area contributed by atoms with Crippen LogP contribution in [0, 0.1) is 5.92 Å². The van der Waals surface area contributed by atoms with E-state index in [-0.39, 0.29) is 5.91 Å². The molecule has 0 radical (unpaired) electrons. The van der Waals surface area contributed by atoms with E-state index < -0.39 is 0 Å². The number of rotatable bonds is 4. The second-order valence-electron chi connectivity index (χ2n) is 6.76. The molecule has 1 fully saturated rings. The van der Waals surface area contributed by atoms with Crippen molar-refractivity contribution in [3.8, 4) is 0 Å². The Balaban J connectivity index is 1.31. The van der Waals surface area contributed by atoms with Crippen LogP contribution in [0.1, 0.15) is 23.2 Å². The van der Waals surface area contributed by atoms with E-state index in [4.69, 9.17) is 0 Å². The van der Waals surface area contributed by atoms with Crippen molar-refractivity contribution in [2.45, 2.75) is 12.8 Å². The molecule has 0 spiro atoms. The molecule has 1 saturated heterocycles. The lowest BCUT2D eigenvalue weighted by Crippen LogP contribution is -2.38. The fourth-order valence-electron chi connectivity index (χ4n) is 3.51. The molecule has 5 heteroatoms. The first-order chi connectivity index (χ1) is 12.8. The first-order valence-corrected chi connectivity index (χ1v) is 9.07. The normalized spacial score (nSPS) is 15.2. The number of aromatic nitrogens is 2. The highest BCUT2D eigenvalue weighted by Crippen LogP contribution is 2.22.